The zero-order valence-corrected chi connectivity index (χ0v) is 23.4. The van der Waals surface area contributed by atoms with Crippen LogP contribution < -0.4 is 11.5 Å². The predicted molar refractivity (Wildman–Crippen MR) is 145 cm³/mol. The number of ether oxygens (including phenoxy) is 2. The maximum absolute atomic E-state index is 13.2. The summed E-state index contributed by atoms with van der Waals surface area (Å²) in [5.41, 5.74) is 13.1. The van der Waals surface area contributed by atoms with E-state index in [2.05, 4.69) is 29.9 Å². The van der Waals surface area contributed by atoms with E-state index < -0.39 is 56.7 Å². The van der Waals surface area contributed by atoms with Crippen molar-refractivity contribution >= 4 is 54.1 Å². The van der Waals surface area contributed by atoms with Gasteiger partial charge in [-0.2, -0.15) is 0 Å². The first-order valence-electron chi connectivity index (χ1n) is 13.1. The molecule has 42 heavy (non-hydrogen) atoms. The summed E-state index contributed by atoms with van der Waals surface area (Å²) < 4.78 is 39.5. The van der Waals surface area contributed by atoms with Gasteiger partial charge in [-0.25, -0.2) is 29.5 Å². The number of H-pyrrole nitrogens is 1. The van der Waals surface area contributed by atoms with Crippen molar-refractivity contribution in [3.63, 3.8) is 0 Å². The Morgan fingerprint density at radius 1 is 1.00 bits per heavy atom. The Balaban J connectivity index is 1.17. The first-order valence-corrected chi connectivity index (χ1v) is 15.0. The molecule has 3 fully saturated rings. The molecule has 2 bridgehead atoms. The van der Waals surface area contributed by atoms with E-state index >= 15 is 0 Å². The molecular formula is C22H27N10O8PS. The molecule has 4 aromatic heterocycles. The van der Waals surface area contributed by atoms with Crippen molar-refractivity contribution in [3.05, 3.63) is 23.6 Å². The molecule has 0 aliphatic carbocycles. The van der Waals surface area contributed by atoms with Crippen LogP contribution in [0.5, 0.6) is 0 Å². The minimum Gasteiger partial charge on any atom is -0.388 e. The van der Waals surface area contributed by atoms with E-state index in [9.17, 15) is 19.7 Å². The van der Waals surface area contributed by atoms with E-state index in [4.69, 9.17) is 42.2 Å². The molecule has 0 saturated carbocycles. The maximum Gasteiger partial charge on any atom is 0.472 e. The van der Waals surface area contributed by atoms with E-state index in [1.54, 1.807) is 4.57 Å². The third-order valence-corrected chi connectivity index (χ3v) is 9.19. The third-order valence-electron chi connectivity index (χ3n) is 7.92. The van der Waals surface area contributed by atoms with Gasteiger partial charge in [0.1, 0.15) is 41.3 Å². The molecule has 9 atom stereocenters. The van der Waals surface area contributed by atoms with Crippen LogP contribution in [-0.2, 0) is 23.1 Å². The fraction of sp³-hybridized carbons (Fsp3) is 0.545. The lowest BCUT2D eigenvalue weighted by Gasteiger charge is -2.26. The van der Waals surface area contributed by atoms with Gasteiger partial charge >= 0.3 is 7.82 Å². The summed E-state index contributed by atoms with van der Waals surface area (Å²) in [6.07, 6.45) is -1.84. The fourth-order valence-electron chi connectivity index (χ4n) is 5.94. The van der Waals surface area contributed by atoms with Crippen molar-refractivity contribution in [2.45, 2.75) is 62.2 Å². The second-order valence-electron chi connectivity index (χ2n) is 10.4. The minimum absolute atomic E-state index is 0.0341. The molecule has 20 heteroatoms. The number of aliphatic hydroxyl groups is 2. The number of fused-ring (bicyclic) bond motifs is 5. The Kier molecular flexibility index (Phi) is 6.76. The molecular weight excluding hydrogens is 595 g/mol. The lowest BCUT2D eigenvalue weighted by atomic mass is 9.91. The van der Waals surface area contributed by atoms with Crippen LogP contribution in [0.1, 0.15) is 31.7 Å². The topological polar surface area (TPSA) is 257 Å². The summed E-state index contributed by atoms with van der Waals surface area (Å²) in [6.45, 7) is -0.378. The zero-order chi connectivity index (χ0) is 29.3. The predicted octanol–water partition coefficient (Wildman–Crippen LogP) is 0.312. The first kappa shape index (κ1) is 27.7. The molecule has 2 unspecified atom stereocenters. The Labute approximate surface area is 241 Å². The van der Waals surface area contributed by atoms with Gasteiger partial charge in [-0.3, -0.25) is 18.2 Å². The van der Waals surface area contributed by atoms with Gasteiger partial charge in [-0.05, 0) is 12.8 Å². The van der Waals surface area contributed by atoms with Gasteiger partial charge in [-0.1, -0.05) is 18.6 Å². The smallest absolute Gasteiger partial charge is 0.388 e. The van der Waals surface area contributed by atoms with Crippen LogP contribution in [-0.4, -0.2) is 91.3 Å². The Morgan fingerprint density at radius 3 is 2.60 bits per heavy atom. The van der Waals surface area contributed by atoms with Crippen LogP contribution in [0.4, 0.5) is 11.8 Å². The van der Waals surface area contributed by atoms with E-state index in [1.165, 1.54) is 23.5 Å². The number of nitrogens with two attached hydrogens (primary N) is 2. The number of nitrogen functional groups attached to an aromatic ring is 2. The standard InChI is InChI=1S/C22H27N10O8PS/c23-16-11-17(26-5-25-16)31(6-27-11)20-13(33)8-2-1-3-9-14(34)15(40-41(35,36)37-4-10(8)39-20)21(38-9)32-7-28-12-18(32)29-22(24)30-19(12)42/h5-10,13-15,20-21,33-34H,1-4H2,(H,35,36)(H2,23,25,26)(H3,24,29,30,42)/t8-,9?,10-,13-,14-,15-,20-,21-/m1/s1. The highest BCUT2D eigenvalue weighted by atomic mass is 32.1. The molecule has 7 heterocycles. The number of hydrogen-bond acceptors (Lipinski definition) is 15. The molecule has 3 aliphatic heterocycles. The summed E-state index contributed by atoms with van der Waals surface area (Å²) in [4.78, 5) is 34.2. The molecule has 3 aliphatic rings. The molecule has 224 valence electrons. The number of aliphatic hydroxyl groups excluding tert-OH is 2. The second-order valence-corrected chi connectivity index (χ2v) is 12.2. The number of anilines is 2. The lowest BCUT2D eigenvalue weighted by molar-refractivity contribution is -0.0568. The monoisotopic (exact) mass is 622 g/mol. The molecule has 4 aromatic rings. The van der Waals surface area contributed by atoms with Gasteiger partial charge in [0.05, 0.1) is 31.5 Å². The third kappa shape index (κ3) is 4.57. The van der Waals surface area contributed by atoms with Gasteiger partial charge in [0.15, 0.2) is 34.5 Å². The number of hydrogen-bond donors (Lipinski definition) is 6. The maximum atomic E-state index is 13.2. The number of aromatic amines is 1. The van der Waals surface area contributed by atoms with Crippen molar-refractivity contribution in [3.8, 4) is 0 Å². The number of imidazole rings is 2. The average Bonchev–Trinajstić information content (AvgIpc) is 3.69. The van der Waals surface area contributed by atoms with Crippen molar-refractivity contribution in [1.29, 1.82) is 0 Å². The summed E-state index contributed by atoms with van der Waals surface area (Å²) >= 11 is 5.24. The SMILES string of the molecule is Nc1nc(=S)c2ncn([C@@H]3OC4CCC[C@H]5[C@@H](O)[C@H](n6cnc7c(N)ncnc76)O[C@@H]5COP(=O)(O)O[C@@H]3[C@@H]4O)c2[nH]1. The Bertz CT molecular complexity index is 1770. The van der Waals surface area contributed by atoms with Gasteiger partial charge < -0.3 is 41.0 Å². The normalized spacial score (nSPS) is 35.7. The molecule has 7 rings (SSSR count). The van der Waals surface area contributed by atoms with Gasteiger partial charge in [-0.15, -0.1) is 0 Å². The van der Waals surface area contributed by atoms with Crippen LogP contribution >= 0.6 is 20.0 Å². The van der Waals surface area contributed by atoms with Gasteiger partial charge in [0, 0.05) is 5.92 Å². The van der Waals surface area contributed by atoms with Crippen LogP contribution in [0.25, 0.3) is 22.3 Å². The van der Waals surface area contributed by atoms with Crippen molar-refractivity contribution in [2.24, 2.45) is 5.92 Å². The van der Waals surface area contributed by atoms with Crippen molar-refractivity contribution in [1.82, 2.24) is 39.0 Å². The number of nitrogens with one attached hydrogen (secondary N) is 1. The second kappa shape index (κ2) is 10.2. The molecule has 0 aromatic carbocycles. The fourth-order valence-corrected chi connectivity index (χ4v) is 7.13. The lowest BCUT2D eigenvalue weighted by Crippen LogP contribution is -2.35. The molecule has 0 radical (unpaired) electrons. The molecule has 8 N–H and O–H groups in total. The molecule has 0 spiro atoms. The highest BCUT2D eigenvalue weighted by Gasteiger charge is 2.51. The Hall–Kier alpha value is -3.13. The molecule has 0 amide bonds. The van der Waals surface area contributed by atoms with E-state index in [1.807, 2.05) is 0 Å². The molecule has 3 saturated heterocycles. The van der Waals surface area contributed by atoms with Crippen LogP contribution in [0.2, 0.25) is 0 Å². The van der Waals surface area contributed by atoms with Gasteiger partial charge in [0.2, 0.25) is 0 Å². The largest absolute Gasteiger partial charge is 0.472 e. The summed E-state index contributed by atoms with van der Waals surface area (Å²) in [6, 6.07) is 0. The first-order chi connectivity index (χ1) is 20.1. The highest BCUT2D eigenvalue weighted by Crippen LogP contribution is 2.51. The zero-order valence-electron chi connectivity index (χ0n) is 21.7. The number of phosphoric ester groups is 1. The van der Waals surface area contributed by atoms with Gasteiger partial charge in [0.25, 0.3) is 0 Å². The average molecular weight is 623 g/mol. The van der Waals surface area contributed by atoms with Crippen LogP contribution in [0.3, 0.4) is 0 Å². The summed E-state index contributed by atoms with van der Waals surface area (Å²) in [5, 5.41) is 22.5. The summed E-state index contributed by atoms with van der Waals surface area (Å²) in [5.74, 6) is -0.297. The Morgan fingerprint density at radius 2 is 1.76 bits per heavy atom. The van der Waals surface area contributed by atoms with Crippen LogP contribution in [0.15, 0.2) is 19.0 Å². The summed E-state index contributed by atoms with van der Waals surface area (Å²) in [7, 11) is -4.79. The van der Waals surface area contributed by atoms with Crippen molar-refractivity contribution < 1.29 is 38.2 Å². The van der Waals surface area contributed by atoms with Crippen LogP contribution in [0, 0.1) is 10.6 Å². The van der Waals surface area contributed by atoms with E-state index in [-0.39, 0.29) is 23.0 Å². The van der Waals surface area contributed by atoms with E-state index in [0.29, 0.717) is 41.6 Å². The number of rotatable bonds is 2. The quantitative estimate of drug-likeness (QED) is 0.130. The number of phosphoric acid groups is 1. The van der Waals surface area contributed by atoms with E-state index in [0.717, 1.165) is 0 Å². The van der Waals surface area contributed by atoms with Crippen molar-refractivity contribution in [2.75, 3.05) is 18.1 Å². The molecule has 18 nitrogen and oxygen atoms in total. The minimum atomic E-state index is -4.79. The highest BCUT2D eigenvalue weighted by molar-refractivity contribution is 7.71. The number of aromatic nitrogens is 8. The number of nitrogens with zero attached hydrogens (tertiary/aromatic N) is 7.